The van der Waals surface area contributed by atoms with Gasteiger partial charge >= 0.3 is 11.9 Å². The summed E-state index contributed by atoms with van der Waals surface area (Å²) in [6.07, 6.45) is 3.21. The number of esters is 2. The van der Waals surface area contributed by atoms with E-state index >= 15 is 0 Å². The van der Waals surface area contributed by atoms with E-state index in [0.29, 0.717) is 0 Å². The first kappa shape index (κ1) is 15.6. The third-order valence-corrected chi connectivity index (χ3v) is 3.04. The predicted molar refractivity (Wildman–Crippen MR) is 73.2 cm³/mol. The summed E-state index contributed by atoms with van der Waals surface area (Å²) in [6.45, 7) is 5.44. The molecule has 19 heavy (non-hydrogen) atoms. The highest BCUT2D eigenvalue weighted by Crippen LogP contribution is 2.28. The second kappa shape index (κ2) is 6.60. The van der Waals surface area contributed by atoms with Gasteiger partial charge in [0.1, 0.15) is 5.60 Å². The molecule has 4 heteroatoms. The van der Waals surface area contributed by atoms with Crippen LogP contribution in [0.5, 0.6) is 0 Å². The van der Waals surface area contributed by atoms with Crippen molar-refractivity contribution in [2.75, 3.05) is 7.11 Å². The van der Waals surface area contributed by atoms with Gasteiger partial charge in [-0.15, -0.1) is 0 Å². The van der Waals surface area contributed by atoms with Crippen LogP contribution in [0, 0.1) is 23.7 Å². The van der Waals surface area contributed by atoms with Crippen molar-refractivity contribution in [2.45, 2.75) is 52.1 Å². The average molecular weight is 268 g/mol. The third-order valence-electron chi connectivity index (χ3n) is 3.04. The van der Waals surface area contributed by atoms with Crippen LogP contribution in [-0.2, 0) is 19.1 Å². The number of rotatable bonds is 1. The van der Waals surface area contributed by atoms with E-state index in [9.17, 15) is 9.59 Å². The minimum Gasteiger partial charge on any atom is -0.469 e. The Labute approximate surface area is 116 Å². The second-order valence-electron chi connectivity index (χ2n) is 5.84. The molecule has 0 aromatic heterocycles. The van der Waals surface area contributed by atoms with E-state index < -0.39 is 11.6 Å². The van der Waals surface area contributed by atoms with E-state index in [-0.39, 0.29) is 19.2 Å². The molecule has 1 aliphatic carbocycles. The van der Waals surface area contributed by atoms with Crippen molar-refractivity contribution < 1.29 is 20.5 Å². The Bertz CT molecular complexity index is 392. The highest BCUT2D eigenvalue weighted by atomic mass is 16.6. The van der Waals surface area contributed by atoms with Crippen LogP contribution in [0.4, 0.5) is 0 Å². The molecule has 0 saturated heterocycles. The van der Waals surface area contributed by atoms with Crippen LogP contribution in [0.1, 0.15) is 47.9 Å². The zero-order valence-electron chi connectivity index (χ0n) is 12.1. The molecule has 1 aliphatic rings. The fourth-order valence-electron chi connectivity index (χ4n) is 2.10. The molecule has 108 valence electrons. The van der Waals surface area contributed by atoms with Crippen molar-refractivity contribution in [3.63, 3.8) is 0 Å². The quantitative estimate of drug-likeness (QED) is 0.416. The van der Waals surface area contributed by atoms with E-state index in [1.54, 1.807) is 0 Å². The maximum Gasteiger partial charge on any atom is 0.384 e. The van der Waals surface area contributed by atoms with E-state index in [0.717, 1.165) is 25.7 Å². The van der Waals surface area contributed by atoms with E-state index in [4.69, 9.17) is 9.47 Å². The summed E-state index contributed by atoms with van der Waals surface area (Å²) in [5.74, 6) is 5.03. The van der Waals surface area contributed by atoms with E-state index in [1.165, 1.54) is 7.11 Å². The molecule has 0 aromatic carbocycles. The lowest BCUT2D eigenvalue weighted by atomic mass is 9.82. The van der Waals surface area contributed by atoms with Crippen LogP contribution in [0.2, 0.25) is 0 Å². The topological polar surface area (TPSA) is 52.6 Å². The molecule has 0 unspecified atom stereocenters. The van der Waals surface area contributed by atoms with Crippen LogP contribution in [-0.4, -0.2) is 24.6 Å². The van der Waals surface area contributed by atoms with Crippen molar-refractivity contribution in [2.24, 2.45) is 11.8 Å². The Morgan fingerprint density at radius 2 is 1.74 bits per heavy atom. The van der Waals surface area contributed by atoms with Gasteiger partial charge in [-0.2, -0.15) is 0 Å². The molecule has 1 rings (SSSR count). The third kappa shape index (κ3) is 5.78. The molecule has 0 atom stereocenters. The molecule has 0 amide bonds. The SMILES string of the molecule is COC(=O)C1CCC(C#CC(=O)OC(C)(C)C)CC1.[HH]. The molecular weight excluding hydrogens is 244 g/mol. The van der Waals surface area contributed by atoms with Crippen molar-refractivity contribution in [3.05, 3.63) is 0 Å². The monoisotopic (exact) mass is 268 g/mol. The van der Waals surface area contributed by atoms with Crippen LogP contribution < -0.4 is 0 Å². The summed E-state index contributed by atoms with van der Waals surface area (Å²) in [5, 5.41) is 0. The minimum atomic E-state index is -0.506. The first-order valence-electron chi connectivity index (χ1n) is 6.64. The van der Waals surface area contributed by atoms with Gasteiger partial charge in [0, 0.05) is 13.3 Å². The molecule has 0 heterocycles. The Morgan fingerprint density at radius 3 is 2.21 bits per heavy atom. The van der Waals surface area contributed by atoms with Gasteiger partial charge in [-0.25, -0.2) is 4.79 Å². The van der Waals surface area contributed by atoms with E-state index in [1.807, 2.05) is 20.8 Å². The van der Waals surface area contributed by atoms with Gasteiger partial charge < -0.3 is 9.47 Å². The van der Waals surface area contributed by atoms with Crippen LogP contribution in [0.25, 0.3) is 0 Å². The summed E-state index contributed by atoms with van der Waals surface area (Å²) in [5.41, 5.74) is -0.506. The summed E-state index contributed by atoms with van der Waals surface area (Å²) in [6, 6.07) is 0. The molecule has 1 saturated carbocycles. The number of methoxy groups -OCH3 is 1. The van der Waals surface area contributed by atoms with Crippen LogP contribution in [0.3, 0.4) is 0 Å². The van der Waals surface area contributed by atoms with Gasteiger partial charge in [0.2, 0.25) is 0 Å². The van der Waals surface area contributed by atoms with Gasteiger partial charge in [0.25, 0.3) is 0 Å². The number of hydrogen-bond donors (Lipinski definition) is 0. The van der Waals surface area contributed by atoms with E-state index in [2.05, 4.69) is 11.8 Å². The predicted octanol–water partition coefficient (Wildman–Crippen LogP) is 2.56. The normalized spacial score (nSPS) is 22.9. The minimum absolute atomic E-state index is 0. The van der Waals surface area contributed by atoms with Crippen LogP contribution >= 0.6 is 0 Å². The molecule has 0 N–H and O–H groups in total. The van der Waals surface area contributed by atoms with Gasteiger partial charge in [-0.3, -0.25) is 4.79 Å². The number of hydrogen-bond acceptors (Lipinski definition) is 4. The van der Waals surface area contributed by atoms with Crippen molar-refractivity contribution in [1.82, 2.24) is 0 Å². The lowest BCUT2D eigenvalue weighted by Gasteiger charge is -2.23. The zero-order chi connectivity index (χ0) is 14.5. The second-order valence-corrected chi connectivity index (χ2v) is 5.84. The van der Waals surface area contributed by atoms with Gasteiger partial charge in [-0.05, 0) is 46.5 Å². The number of ether oxygens (including phenoxy) is 2. The lowest BCUT2D eigenvalue weighted by Crippen LogP contribution is -2.23. The molecule has 4 nitrogen and oxygen atoms in total. The summed E-state index contributed by atoms with van der Waals surface area (Å²) >= 11 is 0. The van der Waals surface area contributed by atoms with Crippen molar-refractivity contribution in [3.8, 4) is 11.8 Å². The molecule has 0 radical (unpaired) electrons. The lowest BCUT2D eigenvalue weighted by molar-refractivity contribution is -0.148. The van der Waals surface area contributed by atoms with Crippen molar-refractivity contribution in [1.29, 1.82) is 0 Å². The molecule has 0 spiro atoms. The molecule has 0 aliphatic heterocycles. The van der Waals surface area contributed by atoms with Gasteiger partial charge in [0.05, 0.1) is 13.0 Å². The fraction of sp³-hybridized carbons (Fsp3) is 0.733. The molecule has 1 fully saturated rings. The molecular formula is C15H24O4. The maximum atomic E-state index is 11.5. The fourth-order valence-corrected chi connectivity index (χ4v) is 2.10. The molecule has 0 aromatic rings. The number of carbonyl (C=O) groups is 2. The summed E-state index contributed by atoms with van der Waals surface area (Å²) in [4.78, 5) is 22.8. The van der Waals surface area contributed by atoms with Crippen LogP contribution in [0.15, 0.2) is 0 Å². The Morgan fingerprint density at radius 1 is 1.16 bits per heavy atom. The highest BCUT2D eigenvalue weighted by Gasteiger charge is 2.26. The highest BCUT2D eigenvalue weighted by molar-refractivity contribution is 5.88. The maximum absolute atomic E-state index is 11.5. The largest absolute Gasteiger partial charge is 0.469 e. The summed E-state index contributed by atoms with van der Waals surface area (Å²) < 4.78 is 9.85. The van der Waals surface area contributed by atoms with Gasteiger partial charge in [0.15, 0.2) is 0 Å². The number of carbonyl (C=O) groups excluding carboxylic acids is 2. The summed E-state index contributed by atoms with van der Waals surface area (Å²) in [7, 11) is 1.41. The molecule has 0 bridgehead atoms. The Kier molecular flexibility index (Phi) is 5.41. The van der Waals surface area contributed by atoms with Crippen molar-refractivity contribution >= 4 is 11.9 Å². The first-order valence-corrected chi connectivity index (χ1v) is 6.64. The Balaban J connectivity index is 0.00000361. The van der Waals surface area contributed by atoms with Gasteiger partial charge in [-0.1, -0.05) is 5.92 Å². The average Bonchev–Trinajstić information content (AvgIpc) is 2.34. The first-order chi connectivity index (χ1) is 8.81. The Hall–Kier alpha value is -1.50. The smallest absolute Gasteiger partial charge is 0.384 e. The standard InChI is InChI=1S/C15H22O4.H2/c1-15(2,3)19-13(16)10-7-11-5-8-12(9-6-11)14(17)18-4;/h11-12H,5-6,8-9H2,1-4H3;1H. The zero-order valence-corrected chi connectivity index (χ0v) is 12.1.